The van der Waals surface area contributed by atoms with Crippen molar-refractivity contribution in [2.45, 2.75) is 26.3 Å². The second-order valence-electron chi connectivity index (χ2n) is 6.30. The Morgan fingerprint density at radius 2 is 1.83 bits per heavy atom. The molecule has 24 heavy (non-hydrogen) atoms. The zero-order valence-electron chi connectivity index (χ0n) is 13.9. The molecule has 2 aromatic carbocycles. The number of para-hydroxylation sites is 1. The molecule has 0 atom stereocenters. The minimum atomic E-state index is -0.934. The third-order valence-corrected chi connectivity index (χ3v) is 4.22. The highest BCUT2D eigenvalue weighted by Crippen LogP contribution is 2.24. The first-order valence-electron chi connectivity index (χ1n) is 8.12. The first kappa shape index (κ1) is 16.1. The molecule has 0 aliphatic rings. The van der Waals surface area contributed by atoms with Crippen LogP contribution in [-0.4, -0.2) is 15.6 Å². The normalized spacial score (nSPS) is 11.6. The van der Waals surface area contributed by atoms with Crippen molar-refractivity contribution in [3.63, 3.8) is 0 Å². The van der Waals surface area contributed by atoms with E-state index in [0.717, 1.165) is 23.0 Å². The summed E-state index contributed by atoms with van der Waals surface area (Å²) in [5.74, 6) is -0.407. The third-order valence-electron chi connectivity index (χ3n) is 4.22. The molecule has 0 saturated heterocycles. The molecule has 1 aromatic heterocycles. The van der Waals surface area contributed by atoms with Crippen molar-refractivity contribution in [3.05, 3.63) is 77.5 Å². The summed E-state index contributed by atoms with van der Waals surface area (Å²) < 4.78 is 2.17. The Morgan fingerprint density at radius 1 is 1.12 bits per heavy atom. The number of aliphatic carboxylic acids is 1. The summed E-state index contributed by atoms with van der Waals surface area (Å²) >= 11 is 0. The average Bonchev–Trinajstić information content (AvgIpc) is 2.91. The highest BCUT2D eigenvalue weighted by atomic mass is 16.4. The molecule has 0 spiro atoms. The van der Waals surface area contributed by atoms with Gasteiger partial charge in [0.25, 0.3) is 0 Å². The summed E-state index contributed by atoms with van der Waals surface area (Å²) in [6.07, 6.45) is 4.85. The number of hydrogen-bond donors (Lipinski definition) is 1. The molecule has 1 N–H and O–H groups in total. The standard InChI is InChI=1S/C21H21NO2/c1-15(2)17-9-7-16(8-10-17)13-22-14-18(11-12-21(23)24)19-5-3-4-6-20(19)22/h3-12,14-15H,13H2,1-2H3,(H,23,24)/b12-11+. The van der Waals surface area contributed by atoms with E-state index in [9.17, 15) is 4.79 Å². The zero-order chi connectivity index (χ0) is 17.1. The van der Waals surface area contributed by atoms with Crippen LogP contribution in [0, 0.1) is 0 Å². The number of aromatic nitrogens is 1. The van der Waals surface area contributed by atoms with Crippen LogP contribution in [0.15, 0.2) is 60.8 Å². The number of nitrogens with zero attached hydrogens (tertiary/aromatic N) is 1. The summed E-state index contributed by atoms with van der Waals surface area (Å²) in [4.78, 5) is 10.8. The Kier molecular flexibility index (Phi) is 4.52. The lowest BCUT2D eigenvalue weighted by atomic mass is 10.0. The van der Waals surface area contributed by atoms with Crippen LogP contribution in [0.2, 0.25) is 0 Å². The Bertz CT molecular complexity index is 886. The molecule has 1 heterocycles. The summed E-state index contributed by atoms with van der Waals surface area (Å²) in [5, 5.41) is 9.93. The van der Waals surface area contributed by atoms with Crippen LogP contribution in [0.1, 0.15) is 36.5 Å². The number of hydrogen-bond acceptors (Lipinski definition) is 1. The SMILES string of the molecule is CC(C)c1ccc(Cn2cc(/C=C/C(=O)O)c3ccccc32)cc1. The smallest absolute Gasteiger partial charge is 0.328 e. The van der Waals surface area contributed by atoms with E-state index in [-0.39, 0.29) is 0 Å². The van der Waals surface area contributed by atoms with Gasteiger partial charge in [-0.25, -0.2) is 4.79 Å². The van der Waals surface area contributed by atoms with E-state index in [4.69, 9.17) is 5.11 Å². The maximum absolute atomic E-state index is 10.8. The van der Waals surface area contributed by atoms with Gasteiger partial charge in [0.15, 0.2) is 0 Å². The fraction of sp³-hybridized carbons (Fsp3) is 0.190. The van der Waals surface area contributed by atoms with Crippen molar-refractivity contribution in [2.24, 2.45) is 0 Å². The highest BCUT2D eigenvalue weighted by Gasteiger charge is 2.07. The van der Waals surface area contributed by atoms with Crippen molar-refractivity contribution in [1.29, 1.82) is 0 Å². The molecular weight excluding hydrogens is 298 g/mol. The number of fused-ring (bicyclic) bond motifs is 1. The van der Waals surface area contributed by atoms with E-state index in [2.05, 4.69) is 48.7 Å². The minimum Gasteiger partial charge on any atom is -0.478 e. The summed E-state index contributed by atoms with van der Waals surface area (Å²) in [6, 6.07) is 16.8. The van der Waals surface area contributed by atoms with E-state index in [1.165, 1.54) is 17.2 Å². The van der Waals surface area contributed by atoms with Gasteiger partial charge < -0.3 is 9.67 Å². The van der Waals surface area contributed by atoms with Crippen LogP contribution in [0.4, 0.5) is 0 Å². The molecule has 3 aromatic rings. The van der Waals surface area contributed by atoms with Gasteiger partial charge in [-0.15, -0.1) is 0 Å². The monoisotopic (exact) mass is 319 g/mol. The number of rotatable bonds is 5. The molecule has 3 nitrogen and oxygen atoms in total. The van der Waals surface area contributed by atoms with Crippen molar-refractivity contribution < 1.29 is 9.90 Å². The Balaban J connectivity index is 1.95. The first-order valence-corrected chi connectivity index (χ1v) is 8.12. The van der Waals surface area contributed by atoms with Gasteiger partial charge in [-0.3, -0.25) is 0 Å². The van der Waals surface area contributed by atoms with Gasteiger partial charge in [0.05, 0.1) is 0 Å². The molecule has 0 amide bonds. The van der Waals surface area contributed by atoms with Crippen LogP contribution in [0.5, 0.6) is 0 Å². The quantitative estimate of drug-likeness (QED) is 0.679. The fourth-order valence-corrected chi connectivity index (χ4v) is 2.90. The highest BCUT2D eigenvalue weighted by molar-refractivity contribution is 5.93. The topological polar surface area (TPSA) is 42.2 Å². The van der Waals surface area contributed by atoms with Crippen molar-refractivity contribution in [1.82, 2.24) is 4.57 Å². The van der Waals surface area contributed by atoms with E-state index >= 15 is 0 Å². The lowest BCUT2D eigenvalue weighted by Gasteiger charge is -2.08. The van der Waals surface area contributed by atoms with Gasteiger partial charge in [-0.2, -0.15) is 0 Å². The van der Waals surface area contributed by atoms with Crippen LogP contribution in [0.3, 0.4) is 0 Å². The second-order valence-corrected chi connectivity index (χ2v) is 6.30. The number of benzene rings is 2. The molecule has 0 aliphatic carbocycles. The Hall–Kier alpha value is -2.81. The summed E-state index contributed by atoms with van der Waals surface area (Å²) in [5.41, 5.74) is 4.59. The molecule has 122 valence electrons. The Labute approximate surface area is 141 Å². The minimum absolute atomic E-state index is 0.527. The van der Waals surface area contributed by atoms with Crippen LogP contribution < -0.4 is 0 Å². The van der Waals surface area contributed by atoms with Crippen molar-refractivity contribution in [2.75, 3.05) is 0 Å². The lowest BCUT2D eigenvalue weighted by Crippen LogP contribution is -1.98. The zero-order valence-corrected chi connectivity index (χ0v) is 13.9. The largest absolute Gasteiger partial charge is 0.478 e. The molecule has 0 saturated carbocycles. The van der Waals surface area contributed by atoms with Gasteiger partial charge in [0.1, 0.15) is 0 Å². The van der Waals surface area contributed by atoms with Crippen molar-refractivity contribution in [3.8, 4) is 0 Å². The lowest BCUT2D eigenvalue weighted by molar-refractivity contribution is -0.131. The van der Waals surface area contributed by atoms with Crippen molar-refractivity contribution >= 4 is 22.9 Å². The van der Waals surface area contributed by atoms with E-state index in [1.807, 2.05) is 24.4 Å². The van der Waals surface area contributed by atoms with Gasteiger partial charge in [-0.1, -0.05) is 56.3 Å². The summed E-state index contributed by atoms with van der Waals surface area (Å²) in [6.45, 7) is 5.14. The average molecular weight is 319 g/mol. The molecule has 0 radical (unpaired) electrons. The predicted octanol–water partition coefficient (Wildman–Crippen LogP) is 4.91. The maximum Gasteiger partial charge on any atom is 0.328 e. The Morgan fingerprint density at radius 3 is 2.50 bits per heavy atom. The summed E-state index contributed by atoms with van der Waals surface area (Å²) in [7, 11) is 0. The third kappa shape index (κ3) is 3.40. The molecule has 3 heteroatoms. The molecule has 0 unspecified atom stereocenters. The van der Waals surface area contributed by atoms with Gasteiger partial charge in [0.2, 0.25) is 0 Å². The molecular formula is C21H21NO2. The molecule has 0 bridgehead atoms. The van der Waals surface area contributed by atoms with Gasteiger partial charge in [0, 0.05) is 35.3 Å². The maximum atomic E-state index is 10.8. The van der Waals surface area contributed by atoms with Crippen LogP contribution in [-0.2, 0) is 11.3 Å². The van der Waals surface area contributed by atoms with Crippen LogP contribution in [0.25, 0.3) is 17.0 Å². The number of carboxylic acids is 1. The van der Waals surface area contributed by atoms with E-state index < -0.39 is 5.97 Å². The number of carbonyl (C=O) groups is 1. The molecule has 0 aliphatic heterocycles. The van der Waals surface area contributed by atoms with E-state index in [1.54, 1.807) is 6.08 Å². The fourth-order valence-electron chi connectivity index (χ4n) is 2.90. The predicted molar refractivity (Wildman–Crippen MR) is 98.2 cm³/mol. The van der Waals surface area contributed by atoms with Crippen LogP contribution >= 0.6 is 0 Å². The molecule has 3 rings (SSSR count). The number of carboxylic acid groups (broad SMARTS) is 1. The van der Waals surface area contributed by atoms with Gasteiger partial charge >= 0.3 is 5.97 Å². The first-order chi connectivity index (χ1) is 11.5. The van der Waals surface area contributed by atoms with Gasteiger partial charge in [-0.05, 0) is 29.2 Å². The second kappa shape index (κ2) is 6.75. The van der Waals surface area contributed by atoms with E-state index in [0.29, 0.717) is 5.92 Å². The molecule has 0 fully saturated rings.